The van der Waals surface area contributed by atoms with Crippen LogP contribution in [0.4, 0.5) is 0 Å². The van der Waals surface area contributed by atoms with Crippen molar-refractivity contribution in [3.05, 3.63) is 58.1 Å². The Hall–Kier alpha value is -0.970. The topological polar surface area (TPSA) is 29.5 Å². The SMILES string of the molecule is COc1ccc(C)cc1C(O)CSc1cccc(Br)c1. The van der Waals surface area contributed by atoms with Crippen LogP contribution in [0, 0.1) is 6.92 Å². The molecule has 0 radical (unpaired) electrons. The van der Waals surface area contributed by atoms with E-state index in [4.69, 9.17) is 4.74 Å². The number of thioether (sulfide) groups is 1. The highest BCUT2D eigenvalue weighted by Gasteiger charge is 2.14. The van der Waals surface area contributed by atoms with Crippen LogP contribution in [0.1, 0.15) is 17.2 Å². The molecule has 20 heavy (non-hydrogen) atoms. The summed E-state index contributed by atoms with van der Waals surface area (Å²) < 4.78 is 6.36. The van der Waals surface area contributed by atoms with Gasteiger partial charge in [0.05, 0.1) is 13.2 Å². The molecule has 2 aromatic carbocycles. The van der Waals surface area contributed by atoms with Gasteiger partial charge in [-0.25, -0.2) is 0 Å². The van der Waals surface area contributed by atoms with E-state index in [0.29, 0.717) is 5.75 Å². The third-order valence-corrected chi connectivity index (χ3v) is 4.51. The summed E-state index contributed by atoms with van der Waals surface area (Å²) in [5.41, 5.74) is 1.96. The Kier molecular flexibility index (Phi) is 5.52. The van der Waals surface area contributed by atoms with E-state index in [-0.39, 0.29) is 0 Å². The molecule has 0 aliphatic heterocycles. The molecule has 0 bridgehead atoms. The van der Waals surface area contributed by atoms with Gasteiger partial charge in [-0.15, -0.1) is 11.8 Å². The first-order chi connectivity index (χ1) is 9.60. The van der Waals surface area contributed by atoms with Gasteiger partial charge in [0.25, 0.3) is 0 Å². The van der Waals surface area contributed by atoms with Crippen molar-refractivity contribution in [3.63, 3.8) is 0 Å². The number of ether oxygens (including phenoxy) is 1. The van der Waals surface area contributed by atoms with Crippen molar-refractivity contribution in [2.24, 2.45) is 0 Å². The second kappa shape index (κ2) is 7.16. The summed E-state index contributed by atoms with van der Waals surface area (Å²) in [6, 6.07) is 13.9. The third kappa shape index (κ3) is 4.01. The summed E-state index contributed by atoms with van der Waals surface area (Å²) in [7, 11) is 1.63. The third-order valence-electron chi connectivity index (χ3n) is 2.95. The standard InChI is InChI=1S/C16H17BrO2S/c1-11-6-7-16(19-2)14(8-11)15(18)10-20-13-5-3-4-12(17)9-13/h3-9,15,18H,10H2,1-2H3. The number of hydrogen-bond acceptors (Lipinski definition) is 3. The van der Waals surface area contributed by atoms with Crippen molar-refractivity contribution in [2.45, 2.75) is 17.9 Å². The van der Waals surface area contributed by atoms with E-state index in [1.54, 1.807) is 18.9 Å². The summed E-state index contributed by atoms with van der Waals surface area (Å²) in [6.45, 7) is 2.01. The molecule has 0 amide bonds. The molecule has 106 valence electrons. The summed E-state index contributed by atoms with van der Waals surface area (Å²) >= 11 is 5.08. The molecule has 0 saturated heterocycles. The van der Waals surface area contributed by atoms with E-state index in [1.807, 2.05) is 49.4 Å². The van der Waals surface area contributed by atoms with Gasteiger partial charge in [-0.2, -0.15) is 0 Å². The number of hydrogen-bond donors (Lipinski definition) is 1. The minimum absolute atomic E-state index is 0.547. The van der Waals surface area contributed by atoms with Crippen LogP contribution < -0.4 is 4.74 Å². The molecular formula is C16H17BrO2S. The Bertz CT molecular complexity index is 586. The Balaban J connectivity index is 2.08. The fraction of sp³-hybridized carbons (Fsp3) is 0.250. The smallest absolute Gasteiger partial charge is 0.124 e. The fourth-order valence-electron chi connectivity index (χ4n) is 1.94. The van der Waals surface area contributed by atoms with Crippen molar-refractivity contribution in [2.75, 3.05) is 12.9 Å². The lowest BCUT2D eigenvalue weighted by Gasteiger charge is -2.15. The quantitative estimate of drug-likeness (QED) is 0.797. The lowest BCUT2D eigenvalue weighted by Crippen LogP contribution is -2.03. The highest BCUT2D eigenvalue weighted by Crippen LogP contribution is 2.31. The van der Waals surface area contributed by atoms with E-state index in [1.165, 1.54) is 0 Å². The van der Waals surface area contributed by atoms with E-state index >= 15 is 0 Å². The van der Waals surface area contributed by atoms with Crippen LogP contribution in [-0.2, 0) is 0 Å². The molecule has 0 aliphatic rings. The number of aryl methyl sites for hydroxylation is 1. The Labute approximate surface area is 132 Å². The van der Waals surface area contributed by atoms with E-state index in [2.05, 4.69) is 15.9 Å². The zero-order chi connectivity index (χ0) is 14.5. The van der Waals surface area contributed by atoms with Crippen LogP contribution in [-0.4, -0.2) is 18.0 Å². The van der Waals surface area contributed by atoms with Crippen molar-refractivity contribution in [1.29, 1.82) is 0 Å². The largest absolute Gasteiger partial charge is 0.496 e. The molecule has 1 unspecified atom stereocenters. The number of rotatable bonds is 5. The predicted octanol–water partition coefficient (Wildman–Crippen LogP) is 4.59. The molecule has 0 spiro atoms. The Morgan fingerprint density at radius 1 is 1.25 bits per heavy atom. The summed E-state index contributed by atoms with van der Waals surface area (Å²) in [5.74, 6) is 1.33. The van der Waals surface area contributed by atoms with Gasteiger partial charge in [-0.3, -0.25) is 0 Å². The first-order valence-electron chi connectivity index (χ1n) is 6.31. The monoisotopic (exact) mass is 352 g/mol. The summed E-state index contributed by atoms with van der Waals surface area (Å²) in [4.78, 5) is 1.13. The van der Waals surface area contributed by atoms with Crippen LogP contribution in [0.3, 0.4) is 0 Å². The van der Waals surface area contributed by atoms with Gasteiger partial charge in [-0.1, -0.05) is 33.6 Å². The van der Waals surface area contributed by atoms with Gasteiger partial charge in [0.1, 0.15) is 5.75 Å². The second-order valence-corrected chi connectivity index (χ2v) is 6.54. The molecular weight excluding hydrogens is 336 g/mol. The Morgan fingerprint density at radius 3 is 2.75 bits per heavy atom. The molecule has 0 heterocycles. The molecule has 0 saturated carbocycles. The average molecular weight is 353 g/mol. The highest BCUT2D eigenvalue weighted by molar-refractivity contribution is 9.10. The number of aliphatic hydroxyl groups is 1. The maximum Gasteiger partial charge on any atom is 0.124 e. The molecule has 4 heteroatoms. The first kappa shape index (κ1) is 15.4. The van der Waals surface area contributed by atoms with E-state index in [0.717, 1.165) is 26.2 Å². The molecule has 2 rings (SSSR count). The predicted molar refractivity (Wildman–Crippen MR) is 87.6 cm³/mol. The van der Waals surface area contributed by atoms with Crippen molar-refractivity contribution in [1.82, 2.24) is 0 Å². The van der Waals surface area contributed by atoms with Gasteiger partial charge in [-0.05, 0) is 37.3 Å². The average Bonchev–Trinajstić information content (AvgIpc) is 2.45. The minimum Gasteiger partial charge on any atom is -0.496 e. The summed E-state index contributed by atoms with van der Waals surface area (Å²) in [6.07, 6.45) is -0.547. The van der Waals surface area contributed by atoms with Crippen molar-refractivity contribution >= 4 is 27.7 Å². The number of aliphatic hydroxyl groups excluding tert-OH is 1. The van der Waals surface area contributed by atoms with Crippen LogP contribution in [0.15, 0.2) is 51.8 Å². The first-order valence-corrected chi connectivity index (χ1v) is 8.09. The van der Waals surface area contributed by atoms with Gasteiger partial charge >= 0.3 is 0 Å². The molecule has 0 aliphatic carbocycles. The van der Waals surface area contributed by atoms with E-state index in [9.17, 15) is 5.11 Å². The number of methoxy groups -OCH3 is 1. The van der Waals surface area contributed by atoms with E-state index < -0.39 is 6.10 Å². The van der Waals surface area contributed by atoms with Crippen LogP contribution >= 0.6 is 27.7 Å². The van der Waals surface area contributed by atoms with Gasteiger partial charge in [0.2, 0.25) is 0 Å². The second-order valence-electron chi connectivity index (χ2n) is 4.53. The van der Waals surface area contributed by atoms with Gasteiger partial charge in [0, 0.05) is 20.7 Å². The van der Waals surface area contributed by atoms with Gasteiger partial charge < -0.3 is 9.84 Å². The molecule has 2 aromatic rings. The molecule has 0 aromatic heterocycles. The molecule has 1 N–H and O–H groups in total. The maximum atomic E-state index is 10.4. The lowest BCUT2D eigenvalue weighted by atomic mass is 10.1. The van der Waals surface area contributed by atoms with Gasteiger partial charge in [0.15, 0.2) is 0 Å². The van der Waals surface area contributed by atoms with Crippen LogP contribution in [0.5, 0.6) is 5.75 Å². The Morgan fingerprint density at radius 2 is 2.05 bits per heavy atom. The number of halogens is 1. The van der Waals surface area contributed by atoms with Crippen LogP contribution in [0.2, 0.25) is 0 Å². The zero-order valence-electron chi connectivity index (χ0n) is 11.5. The van der Waals surface area contributed by atoms with Crippen LogP contribution in [0.25, 0.3) is 0 Å². The van der Waals surface area contributed by atoms with Crippen molar-refractivity contribution in [3.8, 4) is 5.75 Å². The lowest BCUT2D eigenvalue weighted by molar-refractivity contribution is 0.199. The normalized spacial score (nSPS) is 12.2. The number of benzene rings is 2. The highest BCUT2D eigenvalue weighted by atomic mass is 79.9. The zero-order valence-corrected chi connectivity index (χ0v) is 13.9. The van der Waals surface area contributed by atoms with Crippen molar-refractivity contribution < 1.29 is 9.84 Å². The molecule has 0 fully saturated rings. The minimum atomic E-state index is -0.547. The molecule has 2 nitrogen and oxygen atoms in total. The summed E-state index contributed by atoms with van der Waals surface area (Å²) in [5, 5.41) is 10.4. The fourth-order valence-corrected chi connectivity index (χ4v) is 3.40. The maximum absolute atomic E-state index is 10.4. The molecule has 1 atom stereocenters.